The van der Waals surface area contributed by atoms with Crippen molar-refractivity contribution < 1.29 is 0 Å². The fourth-order valence-electron chi connectivity index (χ4n) is 1.61. The van der Waals surface area contributed by atoms with E-state index in [1.807, 2.05) is 0 Å². The maximum absolute atomic E-state index is 2.48. The molecular weight excluding hydrogens is 170 g/mol. The standard InChI is InChI=1S/C13H25N/c1-6-9-12(4)13(5)14(10-7-2)11-8-3/h6,9H,7-8,10-11H2,1-5H3/b9-6-,13-12+. The Morgan fingerprint density at radius 1 is 1.07 bits per heavy atom. The molecular formula is C13H25N. The van der Waals surface area contributed by atoms with Gasteiger partial charge in [-0.2, -0.15) is 0 Å². The normalized spacial score (nSPS) is 13.2. The van der Waals surface area contributed by atoms with Crippen LogP contribution in [-0.2, 0) is 0 Å². The maximum Gasteiger partial charge on any atom is 0.0172 e. The zero-order chi connectivity index (χ0) is 11.0. The summed E-state index contributed by atoms with van der Waals surface area (Å²) in [7, 11) is 0. The van der Waals surface area contributed by atoms with E-state index in [1.165, 1.54) is 37.2 Å². The first-order valence-electron chi connectivity index (χ1n) is 5.72. The smallest absolute Gasteiger partial charge is 0.0172 e. The third kappa shape index (κ3) is 4.50. The van der Waals surface area contributed by atoms with Gasteiger partial charge in [-0.3, -0.25) is 0 Å². The first kappa shape index (κ1) is 13.3. The Kier molecular flexibility index (Phi) is 7.27. The van der Waals surface area contributed by atoms with Crippen LogP contribution in [-0.4, -0.2) is 18.0 Å². The highest BCUT2D eigenvalue weighted by atomic mass is 15.1. The predicted octanol–water partition coefficient (Wildman–Crippen LogP) is 3.98. The number of hydrogen-bond donors (Lipinski definition) is 0. The lowest BCUT2D eigenvalue weighted by Gasteiger charge is -2.25. The Balaban J connectivity index is 4.54. The SMILES string of the molecule is C/C=C\C(C)=C(/C)N(CCC)CCC. The van der Waals surface area contributed by atoms with Crippen molar-refractivity contribution in [1.82, 2.24) is 4.90 Å². The van der Waals surface area contributed by atoms with Crippen LogP contribution in [0.2, 0.25) is 0 Å². The molecule has 1 nitrogen and oxygen atoms in total. The van der Waals surface area contributed by atoms with Gasteiger partial charge in [0.15, 0.2) is 0 Å². The molecule has 0 unspecified atom stereocenters. The van der Waals surface area contributed by atoms with Crippen LogP contribution in [0.1, 0.15) is 47.5 Å². The van der Waals surface area contributed by atoms with Gasteiger partial charge in [0.05, 0.1) is 0 Å². The summed E-state index contributed by atoms with van der Waals surface area (Å²) in [6, 6.07) is 0. The highest BCUT2D eigenvalue weighted by Gasteiger charge is 2.04. The Labute approximate surface area is 89.5 Å². The average molecular weight is 195 g/mol. The summed E-state index contributed by atoms with van der Waals surface area (Å²) in [5.41, 5.74) is 2.81. The third-order valence-electron chi connectivity index (χ3n) is 2.45. The first-order valence-corrected chi connectivity index (χ1v) is 5.72. The van der Waals surface area contributed by atoms with Gasteiger partial charge in [0.2, 0.25) is 0 Å². The Morgan fingerprint density at radius 3 is 1.93 bits per heavy atom. The van der Waals surface area contributed by atoms with Crippen molar-refractivity contribution in [2.75, 3.05) is 13.1 Å². The molecule has 1 heteroatoms. The van der Waals surface area contributed by atoms with Crippen molar-refractivity contribution in [1.29, 1.82) is 0 Å². The van der Waals surface area contributed by atoms with Gasteiger partial charge in [0.1, 0.15) is 0 Å². The maximum atomic E-state index is 2.48. The van der Waals surface area contributed by atoms with Gasteiger partial charge in [-0.1, -0.05) is 26.0 Å². The van der Waals surface area contributed by atoms with E-state index in [0.29, 0.717) is 0 Å². The van der Waals surface area contributed by atoms with Crippen LogP contribution < -0.4 is 0 Å². The van der Waals surface area contributed by atoms with Crippen molar-refractivity contribution in [3.05, 3.63) is 23.4 Å². The molecule has 82 valence electrons. The molecule has 0 fully saturated rings. The molecule has 0 aromatic carbocycles. The van der Waals surface area contributed by atoms with Crippen LogP contribution in [0.25, 0.3) is 0 Å². The van der Waals surface area contributed by atoms with Crippen molar-refractivity contribution in [2.45, 2.75) is 47.5 Å². The summed E-state index contributed by atoms with van der Waals surface area (Å²) < 4.78 is 0. The monoisotopic (exact) mass is 195 g/mol. The minimum atomic E-state index is 1.18. The first-order chi connectivity index (χ1) is 6.67. The summed E-state index contributed by atoms with van der Waals surface area (Å²) in [6.07, 6.45) is 6.74. The van der Waals surface area contributed by atoms with E-state index in [0.717, 1.165) is 0 Å². The van der Waals surface area contributed by atoms with Gasteiger partial charge in [-0.05, 0) is 39.2 Å². The number of nitrogens with zero attached hydrogens (tertiary/aromatic N) is 1. The summed E-state index contributed by atoms with van der Waals surface area (Å²) >= 11 is 0. The lowest BCUT2D eigenvalue weighted by atomic mass is 10.2. The lowest BCUT2D eigenvalue weighted by molar-refractivity contribution is 0.343. The van der Waals surface area contributed by atoms with E-state index in [4.69, 9.17) is 0 Å². The van der Waals surface area contributed by atoms with Gasteiger partial charge in [0, 0.05) is 18.8 Å². The van der Waals surface area contributed by atoms with Crippen LogP contribution in [0.3, 0.4) is 0 Å². The average Bonchev–Trinajstić information content (AvgIpc) is 2.17. The largest absolute Gasteiger partial charge is 0.375 e. The molecule has 0 aromatic rings. The molecule has 0 N–H and O–H groups in total. The predicted molar refractivity (Wildman–Crippen MR) is 65.3 cm³/mol. The second-order valence-electron chi connectivity index (χ2n) is 3.76. The van der Waals surface area contributed by atoms with Crippen molar-refractivity contribution >= 4 is 0 Å². The van der Waals surface area contributed by atoms with Gasteiger partial charge in [-0.15, -0.1) is 0 Å². The zero-order valence-electron chi connectivity index (χ0n) is 10.4. The van der Waals surface area contributed by atoms with E-state index in [2.05, 4.69) is 51.7 Å². The van der Waals surface area contributed by atoms with Crippen LogP contribution in [0.15, 0.2) is 23.4 Å². The lowest BCUT2D eigenvalue weighted by Crippen LogP contribution is -2.24. The van der Waals surface area contributed by atoms with Gasteiger partial charge >= 0.3 is 0 Å². The number of allylic oxidation sites excluding steroid dienone is 4. The molecule has 0 aliphatic carbocycles. The molecule has 0 saturated heterocycles. The zero-order valence-corrected chi connectivity index (χ0v) is 10.4. The van der Waals surface area contributed by atoms with Gasteiger partial charge < -0.3 is 4.90 Å². The van der Waals surface area contributed by atoms with E-state index in [-0.39, 0.29) is 0 Å². The summed E-state index contributed by atoms with van der Waals surface area (Å²) in [5.74, 6) is 0. The molecule has 0 heterocycles. The molecule has 0 rings (SSSR count). The second-order valence-corrected chi connectivity index (χ2v) is 3.76. The highest BCUT2D eigenvalue weighted by molar-refractivity contribution is 5.21. The molecule has 0 aliphatic rings. The Bertz CT molecular complexity index is 195. The minimum absolute atomic E-state index is 1.18. The fourth-order valence-corrected chi connectivity index (χ4v) is 1.61. The molecule has 0 spiro atoms. The van der Waals surface area contributed by atoms with Crippen molar-refractivity contribution in [2.24, 2.45) is 0 Å². The highest BCUT2D eigenvalue weighted by Crippen LogP contribution is 2.12. The van der Waals surface area contributed by atoms with Crippen molar-refractivity contribution in [3.63, 3.8) is 0 Å². The fraction of sp³-hybridized carbons (Fsp3) is 0.692. The molecule has 0 aliphatic heterocycles. The van der Waals surface area contributed by atoms with Crippen molar-refractivity contribution in [3.8, 4) is 0 Å². The van der Waals surface area contributed by atoms with E-state index < -0.39 is 0 Å². The molecule has 0 atom stereocenters. The second kappa shape index (κ2) is 7.66. The van der Waals surface area contributed by atoms with Gasteiger partial charge in [0.25, 0.3) is 0 Å². The van der Waals surface area contributed by atoms with Crippen LogP contribution in [0.4, 0.5) is 0 Å². The van der Waals surface area contributed by atoms with E-state index in [9.17, 15) is 0 Å². The molecule has 0 saturated carbocycles. The quantitative estimate of drug-likeness (QED) is 0.579. The third-order valence-corrected chi connectivity index (χ3v) is 2.45. The molecule has 0 bridgehead atoms. The summed E-state index contributed by atoms with van der Waals surface area (Å²) in [5, 5.41) is 0. The van der Waals surface area contributed by atoms with Crippen LogP contribution in [0, 0.1) is 0 Å². The topological polar surface area (TPSA) is 3.24 Å². The molecule has 0 amide bonds. The van der Waals surface area contributed by atoms with Gasteiger partial charge in [-0.25, -0.2) is 0 Å². The Morgan fingerprint density at radius 2 is 1.57 bits per heavy atom. The number of hydrogen-bond acceptors (Lipinski definition) is 1. The number of rotatable bonds is 6. The molecule has 0 aromatic heterocycles. The van der Waals surface area contributed by atoms with E-state index in [1.54, 1.807) is 0 Å². The summed E-state index contributed by atoms with van der Waals surface area (Å²) in [6.45, 7) is 13.3. The molecule has 14 heavy (non-hydrogen) atoms. The van der Waals surface area contributed by atoms with Crippen LogP contribution >= 0.6 is 0 Å². The van der Waals surface area contributed by atoms with Crippen LogP contribution in [0.5, 0.6) is 0 Å². The molecule has 0 radical (unpaired) electrons. The minimum Gasteiger partial charge on any atom is -0.375 e. The van der Waals surface area contributed by atoms with E-state index >= 15 is 0 Å². The summed E-state index contributed by atoms with van der Waals surface area (Å²) in [4.78, 5) is 2.48. The Hall–Kier alpha value is -0.720.